The van der Waals surface area contributed by atoms with Crippen molar-refractivity contribution in [3.05, 3.63) is 34.9 Å². The minimum absolute atomic E-state index is 0.0118. The number of carboxylic acids is 1. The fourth-order valence-corrected chi connectivity index (χ4v) is 1.58. The van der Waals surface area contributed by atoms with Crippen LogP contribution in [0.2, 0.25) is 0 Å². The molecule has 17 heavy (non-hydrogen) atoms. The molecule has 1 aromatic rings. The summed E-state index contributed by atoms with van der Waals surface area (Å²) in [7, 11) is 1.35. The molecular formula is C13H16O4. The van der Waals surface area contributed by atoms with Crippen LogP contribution < -0.4 is 0 Å². The quantitative estimate of drug-likeness (QED) is 0.791. The van der Waals surface area contributed by atoms with Gasteiger partial charge in [-0.3, -0.25) is 9.59 Å². The van der Waals surface area contributed by atoms with Crippen LogP contribution in [-0.2, 0) is 27.2 Å². The van der Waals surface area contributed by atoms with E-state index in [4.69, 9.17) is 5.11 Å². The Kier molecular flexibility index (Phi) is 4.69. The van der Waals surface area contributed by atoms with Gasteiger partial charge in [-0.05, 0) is 30.0 Å². The topological polar surface area (TPSA) is 63.6 Å². The molecule has 0 aromatic heterocycles. The molecule has 0 fully saturated rings. The number of esters is 1. The summed E-state index contributed by atoms with van der Waals surface area (Å²) in [4.78, 5) is 21.7. The van der Waals surface area contributed by atoms with E-state index in [9.17, 15) is 9.59 Å². The molecule has 0 heterocycles. The number of aryl methyl sites for hydroxylation is 2. The van der Waals surface area contributed by atoms with E-state index >= 15 is 0 Å². The van der Waals surface area contributed by atoms with E-state index < -0.39 is 5.97 Å². The predicted octanol–water partition coefficient (Wildman–Crippen LogP) is 1.73. The highest BCUT2D eigenvalue weighted by Crippen LogP contribution is 2.13. The lowest BCUT2D eigenvalue weighted by Gasteiger charge is -2.06. The highest BCUT2D eigenvalue weighted by atomic mass is 16.5. The summed E-state index contributed by atoms with van der Waals surface area (Å²) in [6, 6.07) is 5.63. The third kappa shape index (κ3) is 4.26. The average molecular weight is 236 g/mol. The fraction of sp³-hybridized carbons (Fsp3) is 0.385. The number of hydrogen-bond acceptors (Lipinski definition) is 3. The molecule has 0 saturated heterocycles. The van der Waals surface area contributed by atoms with E-state index in [0.717, 1.165) is 16.7 Å². The number of aliphatic carboxylic acids is 1. The molecule has 0 aliphatic rings. The van der Waals surface area contributed by atoms with E-state index in [1.54, 1.807) is 0 Å². The van der Waals surface area contributed by atoms with Crippen LogP contribution in [0.4, 0.5) is 0 Å². The van der Waals surface area contributed by atoms with Crippen molar-refractivity contribution in [3.63, 3.8) is 0 Å². The fourth-order valence-electron chi connectivity index (χ4n) is 1.58. The molecule has 0 aliphatic heterocycles. The zero-order chi connectivity index (χ0) is 12.8. The molecule has 0 bridgehead atoms. The Morgan fingerprint density at radius 2 is 2.06 bits per heavy atom. The Morgan fingerprint density at radius 1 is 1.35 bits per heavy atom. The minimum atomic E-state index is -0.849. The Morgan fingerprint density at radius 3 is 2.65 bits per heavy atom. The lowest BCUT2D eigenvalue weighted by atomic mass is 10.00. The summed E-state index contributed by atoms with van der Waals surface area (Å²) in [5.41, 5.74) is 2.70. The number of ether oxygens (including phenoxy) is 1. The van der Waals surface area contributed by atoms with Crippen LogP contribution in [0.25, 0.3) is 0 Å². The second-order valence-corrected chi connectivity index (χ2v) is 3.91. The monoisotopic (exact) mass is 236 g/mol. The molecular weight excluding hydrogens is 220 g/mol. The zero-order valence-corrected chi connectivity index (χ0v) is 10.0. The highest BCUT2D eigenvalue weighted by Gasteiger charge is 2.07. The van der Waals surface area contributed by atoms with Crippen molar-refractivity contribution in [2.45, 2.75) is 26.2 Å². The number of rotatable bonds is 5. The maximum atomic E-state index is 11.0. The van der Waals surface area contributed by atoms with E-state index in [-0.39, 0.29) is 12.4 Å². The average Bonchev–Trinajstić information content (AvgIpc) is 2.29. The lowest BCUT2D eigenvalue weighted by Crippen LogP contribution is -2.05. The van der Waals surface area contributed by atoms with Gasteiger partial charge in [0, 0.05) is 6.42 Å². The van der Waals surface area contributed by atoms with Gasteiger partial charge in [-0.25, -0.2) is 0 Å². The first-order valence-electron chi connectivity index (χ1n) is 5.40. The smallest absolute Gasteiger partial charge is 0.307 e. The summed E-state index contributed by atoms with van der Waals surface area (Å²) in [5, 5.41) is 8.76. The minimum Gasteiger partial charge on any atom is -0.481 e. The summed E-state index contributed by atoms with van der Waals surface area (Å²) in [6.45, 7) is 1.88. The van der Waals surface area contributed by atoms with Gasteiger partial charge in [0.25, 0.3) is 0 Å². The van der Waals surface area contributed by atoms with Gasteiger partial charge in [-0.15, -0.1) is 0 Å². The van der Waals surface area contributed by atoms with Gasteiger partial charge in [-0.1, -0.05) is 18.2 Å². The van der Waals surface area contributed by atoms with Crippen LogP contribution in [0.15, 0.2) is 18.2 Å². The molecule has 92 valence electrons. The van der Waals surface area contributed by atoms with Gasteiger partial charge in [0.2, 0.25) is 0 Å². The van der Waals surface area contributed by atoms with Crippen LogP contribution in [0, 0.1) is 6.92 Å². The first kappa shape index (κ1) is 13.2. The Labute approximate surface area is 100 Å². The number of carbonyl (C=O) groups excluding carboxylic acids is 1. The standard InChI is InChI=1S/C13H16O4/c1-9-3-4-10(5-6-13(16)17-2)7-11(9)8-12(14)15/h3-4,7H,5-6,8H2,1-2H3,(H,14,15). The van der Waals surface area contributed by atoms with Crippen molar-refractivity contribution < 1.29 is 19.4 Å². The van der Waals surface area contributed by atoms with E-state index in [1.807, 2.05) is 25.1 Å². The van der Waals surface area contributed by atoms with E-state index in [1.165, 1.54) is 7.11 Å². The second-order valence-electron chi connectivity index (χ2n) is 3.91. The SMILES string of the molecule is COC(=O)CCc1ccc(C)c(CC(=O)O)c1. The van der Waals surface area contributed by atoms with Crippen molar-refractivity contribution in [3.8, 4) is 0 Å². The molecule has 1 aromatic carbocycles. The summed E-state index contributed by atoms with van der Waals surface area (Å²) in [5.74, 6) is -1.11. The Balaban J connectivity index is 2.74. The number of methoxy groups -OCH3 is 1. The van der Waals surface area contributed by atoms with Gasteiger partial charge >= 0.3 is 11.9 Å². The number of benzene rings is 1. The molecule has 4 nitrogen and oxygen atoms in total. The van der Waals surface area contributed by atoms with Gasteiger partial charge in [0.15, 0.2) is 0 Å². The molecule has 0 atom stereocenters. The van der Waals surface area contributed by atoms with Crippen LogP contribution in [0.1, 0.15) is 23.1 Å². The number of hydrogen-bond donors (Lipinski definition) is 1. The second kappa shape index (κ2) is 6.03. The molecule has 1 N–H and O–H groups in total. The third-order valence-electron chi connectivity index (χ3n) is 2.60. The van der Waals surface area contributed by atoms with Crippen molar-refractivity contribution >= 4 is 11.9 Å². The van der Waals surface area contributed by atoms with E-state index in [2.05, 4.69) is 4.74 Å². The Hall–Kier alpha value is -1.84. The van der Waals surface area contributed by atoms with Crippen molar-refractivity contribution in [1.82, 2.24) is 0 Å². The van der Waals surface area contributed by atoms with E-state index in [0.29, 0.717) is 12.8 Å². The Bertz CT molecular complexity index is 423. The van der Waals surface area contributed by atoms with Crippen molar-refractivity contribution in [2.24, 2.45) is 0 Å². The lowest BCUT2D eigenvalue weighted by molar-refractivity contribution is -0.140. The van der Waals surface area contributed by atoms with Crippen molar-refractivity contribution in [2.75, 3.05) is 7.11 Å². The maximum absolute atomic E-state index is 11.0. The van der Waals surface area contributed by atoms with Gasteiger partial charge < -0.3 is 9.84 Å². The van der Waals surface area contributed by atoms with Crippen LogP contribution in [0.3, 0.4) is 0 Å². The summed E-state index contributed by atoms with van der Waals surface area (Å²) in [6.07, 6.45) is 0.892. The first-order chi connectivity index (χ1) is 8.02. The summed E-state index contributed by atoms with van der Waals surface area (Å²) < 4.78 is 4.56. The number of carbonyl (C=O) groups is 2. The molecule has 0 amide bonds. The van der Waals surface area contributed by atoms with Crippen molar-refractivity contribution in [1.29, 1.82) is 0 Å². The maximum Gasteiger partial charge on any atom is 0.307 e. The number of carboxylic acid groups (broad SMARTS) is 1. The first-order valence-corrected chi connectivity index (χ1v) is 5.40. The molecule has 0 unspecified atom stereocenters. The molecule has 0 radical (unpaired) electrons. The van der Waals surface area contributed by atoms with Gasteiger partial charge in [0.05, 0.1) is 13.5 Å². The summed E-state index contributed by atoms with van der Waals surface area (Å²) >= 11 is 0. The largest absolute Gasteiger partial charge is 0.481 e. The molecule has 0 saturated carbocycles. The van der Waals surface area contributed by atoms with Crippen LogP contribution >= 0.6 is 0 Å². The molecule has 0 aliphatic carbocycles. The predicted molar refractivity (Wildman–Crippen MR) is 62.9 cm³/mol. The van der Waals surface area contributed by atoms with Gasteiger partial charge in [0.1, 0.15) is 0 Å². The van der Waals surface area contributed by atoms with Gasteiger partial charge in [-0.2, -0.15) is 0 Å². The van der Waals surface area contributed by atoms with Crippen LogP contribution in [0.5, 0.6) is 0 Å². The molecule has 1 rings (SSSR count). The third-order valence-corrected chi connectivity index (χ3v) is 2.60. The molecule has 0 spiro atoms. The van der Waals surface area contributed by atoms with Crippen LogP contribution in [-0.4, -0.2) is 24.2 Å². The molecule has 4 heteroatoms. The normalized spacial score (nSPS) is 10.0. The highest BCUT2D eigenvalue weighted by molar-refractivity contribution is 5.71. The zero-order valence-electron chi connectivity index (χ0n) is 10.0.